The second-order valence-corrected chi connectivity index (χ2v) is 5.44. The molecule has 0 bridgehead atoms. The molecule has 0 amide bonds. The van der Waals surface area contributed by atoms with Gasteiger partial charge < -0.3 is 14.2 Å². The minimum atomic E-state index is -0.589. The number of rotatable bonds is 5. The molecule has 2 heterocycles. The number of hydrogen-bond acceptors (Lipinski definition) is 6. The Morgan fingerprint density at radius 1 is 1.30 bits per heavy atom. The average Bonchev–Trinajstić information content (AvgIpc) is 2.94. The van der Waals surface area contributed by atoms with Crippen LogP contribution in [0.2, 0.25) is 0 Å². The van der Waals surface area contributed by atoms with Crippen molar-refractivity contribution >= 4 is 5.88 Å². The van der Waals surface area contributed by atoms with Crippen molar-refractivity contribution in [1.82, 2.24) is 10.3 Å². The van der Waals surface area contributed by atoms with E-state index in [2.05, 4.69) is 31.1 Å². The van der Waals surface area contributed by atoms with Crippen molar-refractivity contribution in [2.45, 2.75) is 32.7 Å². The number of nitro groups is 1. The van der Waals surface area contributed by atoms with Crippen molar-refractivity contribution in [3.63, 3.8) is 0 Å². The van der Waals surface area contributed by atoms with Crippen molar-refractivity contribution < 1.29 is 13.8 Å². The van der Waals surface area contributed by atoms with Crippen LogP contribution in [0.4, 0.5) is 5.88 Å². The molecule has 108 valence electrons. The number of nitrogens with zero attached hydrogens (tertiary/aromatic N) is 2. The maximum Gasteiger partial charge on any atom is 0.433 e. The van der Waals surface area contributed by atoms with Crippen molar-refractivity contribution in [2.24, 2.45) is 0 Å². The summed E-state index contributed by atoms with van der Waals surface area (Å²) >= 11 is 0. The van der Waals surface area contributed by atoms with Gasteiger partial charge in [-0.25, -0.2) is 4.98 Å². The number of furan rings is 1. The van der Waals surface area contributed by atoms with E-state index in [1.807, 2.05) is 0 Å². The van der Waals surface area contributed by atoms with Crippen LogP contribution in [0.1, 0.15) is 26.7 Å². The van der Waals surface area contributed by atoms with E-state index in [-0.39, 0.29) is 11.4 Å². The molecule has 2 rings (SSSR count). The second-order valence-electron chi connectivity index (χ2n) is 5.44. The summed E-state index contributed by atoms with van der Waals surface area (Å²) in [6, 6.07) is 2.79. The van der Waals surface area contributed by atoms with Crippen LogP contribution in [0.25, 0.3) is 11.5 Å². The third-order valence-electron chi connectivity index (χ3n) is 2.56. The van der Waals surface area contributed by atoms with E-state index in [9.17, 15) is 10.1 Å². The Bertz CT molecular complexity index is 595. The van der Waals surface area contributed by atoms with Crippen molar-refractivity contribution in [2.75, 3.05) is 6.54 Å². The summed E-state index contributed by atoms with van der Waals surface area (Å²) in [5.74, 6) is 0.950. The van der Waals surface area contributed by atoms with Gasteiger partial charge in [0.1, 0.15) is 4.92 Å². The standard InChI is InChI=1S/C13H17N3O4/c1-13(2,3)15-7-6-11-14-8-10(19-11)9-4-5-12(20-9)16(17)18/h4-5,8,15H,6-7H2,1-3H3. The van der Waals surface area contributed by atoms with Gasteiger partial charge in [0, 0.05) is 18.5 Å². The molecular weight excluding hydrogens is 262 g/mol. The topological polar surface area (TPSA) is 94.3 Å². The Labute approximate surface area is 116 Å². The van der Waals surface area contributed by atoms with Gasteiger partial charge in [0.25, 0.3) is 0 Å². The molecule has 0 aliphatic carbocycles. The monoisotopic (exact) mass is 279 g/mol. The SMILES string of the molecule is CC(C)(C)NCCc1ncc(-c2ccc([N+](=O)[O-])o2)o1. The minimum Gasteiger partial charge on any atom is -0.437 e. The molecular formula is C13H17N3O4. The van der Waals surface area contributed by atoms with E-state index >= 15 is 0 Å². The van der Waals surface area contributed by atoms with E-state index in [0.717, 1.165) is 6.54 Å². The van der Waals surface area contributed by atoms with Gasteiger partial charge in [0.2, 0.25) is 0 Å². The molecule has 0 aliphatic rings. The first-order valence-electron chi connectivity index (χ1n) is 6.29. The highest BCUT2D eigenvalue weighted by Crippen LogP contribution is 2.26. The van der Waals surface area contributed by atoms with Gasteiger partial charge in [0.05, 0.1) is 12.3 Å². The molecule has 2 aromatic rings. The Morgan fingerprint density at radius 3 is 2.65 bits per heavy atom. The van der Waals surface area contributed by atoms with Crippen LogP contribution in [-0.4, -0.2) is 22.0 Å². The summed E-state index contributed by atoms with van der Waals surface area (Å²) in [4.78, 5) is 14.1. The zero-order chi connectivity index (χ0) is 14.8. The van der Waals surface area contributed by atoms with Crippen LogP contribution in [0.3, 0.4) is 0 Å². The third-order valence-corrected chi connectivity index (χ3v) is 2.56. The predicted octanol–water partition coefficient (Wildman–Crippen LogP) is 2.77. The van der Waals surface area contributed by atoms with Gasteiger partial charge in [-0.05, 0) is 26.8 Å². The highest BCUT2D eigenvalue weighted by Gasteiger charge is 2.16. The lowest BCUT2D eigenvalue weighted by atomic mass is 10.1. The predicted molar refractivity (Wildman–Crippen MR) is 72.3 cm³/mol. The van der Waals surface area contributed by atoms with E-state index in [1.165, 1.54) is 18.3 Å². The second kappa shape index (κ2) is 5.46. The fourth-order valence-electron chi connectivity index (χ4n) is 1.64. The molecule has 0 fully saturated rings. The van der Waals surface area contributed by atoms with Crippen LogP contribution < -0.4 is 5.32 Å². The number of nitrogens with one attached hydrogen (secondary N) is 1. The normalized spacial score (nSPS) is 11.8. The molecule has 0 radical (unpaired) electrons. The molecule has 7 heteroatoms. The van der Waals surface area contributed by atoms with Crippen LogP contribution in [0.15, 0.2) is 27.2 Å². The van der Waals surface area contributed by atoms with E-state index in [1.54, 1.807) is 0 Å². The highest BCUT2D eigenvalue weighted by atomic mass is 16.6. The van der Waals surface area contributed by atoms with Crippen LogP contribution in [0, 0.1) is 10.1 Å². The molecule has 0 atom stereocenters. The smallest absolute Gasteiger partial charge is 0.433 e. The molecule has 0 saturated heterocycles. The molecule has 1 N–H and O–H groups in total. The lowest BCUT2D eigenvalue weighted by molar-refractivity contribution is -0.401. The first-order chi connectivity index (χ1) is 9.35. The number of oxazole rings is 1. The largest absolute Gasteiger partial charge is 0.437 e. The molecule has 7 nitrogen and oxygen atoms in total. The fraction of sp³-hybridized carbons (Fsp3) is 0.462. The van der Waals surface area contributed by atoms with Gasteiger partial charge in [-0.15, -0.1) is 0 Å². The number of hydrogen-bond donors (Lipinski definition) is 1. The molecule has 0 aromatic carbocycles. The van der Waals surface area contributed by atoms with Gasteiger partial charge in [-0.3, -0.25) is 10.1 Å². The van der Waals surface area contributed by atoms with Gasteiger partial charge in [-0.2, -0.15) is 0 Å². The van der Waals surface area contributed by atoms with Gasteiger partial charge in [-0.1, -0.05) is 0 Å². The molecule has 0 saturated carbocycles. The summed E-state index contributed by atoms with van der Waals surface area (Å²) in [5, 5.41) is 13.9. The lowest BCUT2D eigenvalue weighted by Gasteiger charge is -2.19. The molecule has 20 heavy (non-hydrogen) atoms. The maximum absolute atomic E-state index is 10.5. The third kappa shape index (κ3) is 3.67. The Hall–Kier alpha value is -2.15. The van der Waals surface area contributed by atoms with Crippen LogP contribution in [0.5, 0.6) is 0 Å². The number of aromatic nitrogens is 1. The average molecular weight is 279 g/mol. The van der Waals surface area contributed by atoms with Crippen molar-refractivity contribution in [3.8, 4) is 11.5 Å². The van der Waals surface area contributed by atoms with E-state index in [4.69, 9.17) is 8.83 Å². The molecule has 2 aromatic heterocycles. The first-order valence-corrected chi connectivity index (χ1v) is 6.29. The highest BCUT2D eigenvalue weighted by molar-refractivity contribution is 5.50. The van der Waals surface area contributed by atoms with Crippen molar-refractivity contribution in [3.05, 3.63) is 34.3 Å². The zero-order valence-corrected chi connectivity index (χ0v) is 11.7. The Morgan fingerprint density at radius 2 is 2.05 bits per heavy atom. The first kappa shape index (κ1) is 14.3. The fourth-order valence-corrected chi connectivity index (χ4v) is 1.64. The maximum atomic E-state index is 10.5. The lowest BCUT2D eigenvalue weighted by Crippen LogP contribution is -2.37. The van der Waals surface area contributed by atoms with E-state index < -0.39 is 4.92 Å². The quantitative estimate of drug-likeness (QED) is 0.668. The molecule has 0 aliphatic heterocycles. The Kier molecular flexibility index (Phi) is 3.89. The minimum absolute atomic E-state index is 0.0387. The zero-order valence-electron chi connectivity index (χ0n) is 11.7. The van der Waals surface area contributed by atoms with Gasteiger partial charge >= 0.3 is 5.88 Å². The Balaban J connectivity index is 1.99. The summed E-state index contributed by atoms with van der Waals surface area (Å²) in [6.07, 6.45) is 2.15. The van der Waals surface area contributed by atoms with E-state index in [0.29, 0.717) is 23.8 Å². The summed E-state index contributed by atoms with van der Waals surface area (Å²) < 4.78 is 10.6. The molecule has 0 unspecified atom stereocenters. The summed E-state index contributed by atoms with van der Waals surface area (Å²) in [5.41, 5.74) is 0.0387. The summed E-state index contributed by atoms with van der Waals surface area (Å²) in [6.45, 7) is 6.98. The van der Waals surface area contributed by atoms with Crippen LogP contribution >= 0.6 is 0 Å². The van der Waals surface area contributed by atoms with Crippen LogP contribution in [-0.2, 0) is 6.42 Å². The molecule has 0 spiro atoms. The summed E-state index contributed by atoms with van der Waals surface area (Å²) in [7, 11) is 0. The van der Waals surface area contributed by atoms with Crippen molar-refractivity contribution in [1.29, 1.82) is 0 Å². The van der Waals surface area contributed by atoms with Gasteiger partial charge in [0.15, 0.2) is 17.4 Å².